The Morgan fingerprint density at radius 3 is 2.67 bits per heavy atom. The van der Waals surface area contributed by atoms with Crippen molar-refractivity contribution in [3.05, 3.63) is 29.6 Å². The molecule has 0 bridgehead atoms. The molecule has 0 spiro atoms. The van der Waals surface area contributed by atoms with Crippen molar-refractivity contribution in [1.82, 2.24) is 10.2 Å². The standard InChI is InChI=1S/C13H18N4S/c1-13(2,7-8-14)15-12-6-5-10(16-17-12)11-4-3-9-18-11/h3-6,9H,7-8,14H2,1-2H3,(H,15,17). The zero-order valence-electron chi connectivity index (χ0n) is 10.7. The average molecular weight is 262 g/mol. The van der Waals surface area contributed by atoms with Gasteiger partial charge in [0, 0.05) is 5.54 Å². The van der Waals surface area contributed by atoms with E-state index in [1.807, 2.05) is 29.6 Å². The van der Waals surface area contributed by atoms with Crippen molar-refractivity contribution in [2.45, 2.75) is 25.8 Å². The Kier molecular flexibility index (Phi) is 3.93. The van der Waals surface area contributed by atoms with Gasteiger partial charge in [-0.25, -0.2) is 0 Å². The Labute approximate surface area is 111 Å². The van der Waals surface area contributed by atoms with Gasteiger partial charge in [-0.3, -0.25) is 0 Å². The maximum Gasteiger partial charge on any atom is 0.149 e. The Morgan fingerprint density at radius 1 is 1.28 bits per heavy atom. The summed E-state index contributed by atoms with van der Waals surface area (Å²) in [5.74, 6) is 0.786. The van der Waals surface area contributed by atoms with Gasteiger partial charge < -0.3 is 11.1 Å². The van der Waals surface area contributed by atoms with E-state index in [-0.39, 0.29) is 5.54 Å². The summed E-state index contributed by atoms with van der Waals surface area (Å²) in [6.07, 6.45) is 0.890. The van der Waals surface area contributed by atoms with Gasteiger partial charge in [-0.15, -0.1) is 21.5 Å². The quantitative estimate of drug-likeness (QED) is 0.869. The summed E-state index contributed by atoms with van der Waals surface area (Å²) in [6, 6.07) is 8.00. The largest absolute Gasteiger partial charge is 0.364 e. The van der Waals surface area contributed by atoms with Gasteiger partial charge in [0.25, 0.3) is 0 Å². The molecule has 0 atom stereocenters. The van der Waals surface area contributed by atoms with E-state index in [1.54, 1.807) is 11.3 Å². The van der Waals surface area contributed by atoms with Crippen LogP contribution in [0.1, 0.15) is 20.3 Å². The summed E-state index contributed by atoms with van der Waals surface area (Å²) in [7, 11) is 0. The van der Waals surface area contributed by atoms with Crippen molar-refractivity contribution in [1.29, 1.82) is 0 Å². The Morgan fingerprint density at radius 2 is 2.11 bits per heavy atom. The van der Waals surface area contributed by atoms with Crippen molar-refractivity contribution >= 4 is 17.2 Å². The molecule has 18 heavy (non-hydrogen) atoms. The molecule has 2 rings (SSSR count). The molecular formula is C13H18N4S. The third-order valence-electron chi connectivity index (χ3n) is 2.67. The molecule has 0 amide bonds. The van der Waals surface area contributed by atoms with Gasteiger partial charge in [0.05, 0.1) is 4.88 Å². The first kappa shape index (κ1) is 13.0. The second-order valence-corrected chi connectivity index (χ2v) is 5.78. The summed E-state index contributed by atoms with van der Waals surface area (Å²) in [5, 5.41) is 13.8. The number of rotatable bonds is 5. The van der Waals surface area contributed by atoms with E-state index >= 15 is 0 Å². The summed E-state index contributed by atoms with van der Waals surface area (Å²) in [5.41, 5.74) is 6.43. The van der Waals surface area contributed by atoms with Crippen LogP contribution >= 0.6 is 11.3 Å². The molecule has 0 saturated heterocycles. The molecule has 4 nitrogen and oxygen atoms in total. The normalized spacial score (nSPS) is 11.5. The van der Waals surface area contributed by atoms with Gasteiger partial charge in [-0.2, -0.15) is 0 Å². The first-order chi connectivity index (χ1) is 8.61. The second-order valence-electron chi connectivity index (χ2n) is 4.83. The van der Waals surface area contributed by atoms with Gasteiger partial charge in [0.15, 0.2) is 0 Å². The van der Waals surface area contributed by atoms with E-state index in [0.29, 0.717) is 6.54 Å². The predicted molar refractivity (Wildman–Crippen MR) is 76.7 cm³/mol. The molecule has 0 aromatic carbocycles. The van der Waals surface area contributed by atoms with Gasteiger partial charge in [-0.05, 0) is 50.4 Å². The lowest BCUT2D eigenvalue weighted by Gasteiger charge is -2.25. The van der Waals surface area contributed by atoms with Crippen LogP contribution < -0.4 is 11.1 Å². The van der Waals surface area contributed by atoms with E-state index in [0.717, 1.165) is 22.8 Å². The smallest absolute Gasteiger partial charge is 0.149 e. The monoisotopic (exact) mass is 262 g/mol. The highest BCUT2D eigenvalue weighted by Gasteiger charge is 2.16. The highest BCUT2D eigenvalue weighted by molar-refractivity contribution is 7.13. The van der Waals surface area contributed by atoms with E-state index < -0.39 is 0 Å². The minimum absolute atomic E-state index is 0.0616. The zero-order chi connectivity index (χ0) is 13.0. The maximum atomic E-state index is 5.58. The molecule has 0 radical (unpaired) electrons. The summed E-state index contributed by atoms with van der Waals surface area (Å²) in [6.45, 7) is 4.87. The highest BCUT2D eigenvalue weighted by Crippen LogP contribution is 2.23. The minimum Gasteiger partial charge on any atom is -0.364 e. The number of anilines is 1. The van der Waals surface area contributed by atoms with Crippen LogP contribution in [-0.2, 0) is 0 Å². The van der Waals surface area contributed by atoms with Gasteiger partial charge in [-0.1, -0.05) is 6.07 Å². The van der Waals surface area contributed by atoms with Gasteiger partial charge in [0.2, 0.25) is 0 Å². The van der Waals surface area contributed by atoms with Crippen molar-refractivity contribution in [2.24, 2.45) is 5.73 Å². The molecular weight excluding hydrogens is 244 g/mol. The fraction of sp³-hybridized carbons (Fsp3) is 0.385. The molecule has 96 valence electrons. The van der Waals surface area contributed by atoms with Crippen LogP contribution in [0.3, 0.4) is 0 Å². The topological polar surface area (TPSA) is 63.8 Å². The predicted octanol–water partition coefficient (Wildman–Crippen LogP) is 2.74. The first-order valence-corrected chi connectivity index (χ1v) is 6.84. The number of aromatic nitrogens is 2. The molecule has 0 fully saturated rings. The lowest BCUT2D eigenvalue weighted by atomic mass is 10.0. The zero-order valence-corrected chi connectivity index (χ0v) is 11.5. The van der Waals surface area contributed by atoms with E-state index in [9.17, 15) is 0 Å². The van der Waals surface area contributed by atoms with Gasteiger partial charge >= 0.3 is 0 Å². The number of hydrogen-bond donors (Lipinski definition) is 2. The van der Waals surface area contributed by atoms with Crippen molar-refractivity contribution in [3.63, 3.8) is 0 Å². The van der Waals surface area contributed by atoms with Gasteiger partial charge in [0.1, 0.15) is 11.5 Å². The average Bonchev–Trinajstić information content (AvgIpc) is 2.82. The molecule has 0 aliphatic rings. The Hall–Kier alpha value is -1.46. The number of thiophene rings is 1. The fourth-order valence-corrected chi connectivity index (χ4v) is 2.42. The Balaban J connectivity index is 2.09. The molecule has 2 aromatic heterocycles. The maximum absolute atomic E-state index is 5.58. The molecule has 0 aliphatic carbocycles. The van der Waals surface area contributed by atoms with Crippen LogP contribution in [0.2, 0.25) is 0 Å². The first-order valence-electron chi connectivity index (χ1n) is 5.96. The lowest BCUT2D eigenvalue weighted by molar-refractivity contribution is 0.523. The van der Waals surface area contributed by atoms with Crippen LogP contribution in [0.5, 0.6) is 0 Å². The lowest BCUT2D eigenvalue weighted by Crippen LogP contribution is -2.33. The van der Waals surface area contributed by atoms with Crippen LogP contribution in [0.4, 0.5) is 5.82 Å². The third kappa shape index (κ3) is 3.27. The number of nitrogens with two attached hydrogens (primary N) is 1. The van der Waals surface area contributed by atoms with Crippen LogP contribution in [0.25, 0.3) is 10.6 Å². The minimum atomic E-state index is -0.0616. The Bertz CT molecular complexity index is 476. The third-order valence-corrected chi connectivity index (χ3v) is 3.57. The van der Waals surface area contributed by atoms with Crippen molar-refractivity contribution < 1.29 is 0 Å². The van der Waals surface area contributed by atoms with E-state index in [2.05, 4.69) is 29.4 Å². The molecule has 2 aromatic rings. The van der Waals surface area contributed by atoms with Crippen LogP contribution in [0.15, 0.2) is 29.6 Å². The molecule has 0 unspecified atom stereocenters. The molecule has 0 aliphatic heterocycles. The summed E-state index contributed by atoms with van der Waals surface area (Å²) >= 11 is 1.66. The molecule has 3 N–H and O–H groups in total. The number of nitrogens with zero attached hydrogens (tertiary/aromatic N) is 2. The van der Waals surface area contributed by atoms with Crippen molar-refractivity contribution in [2.75, 3.05) is 11.9 Å². The molecule has 0 saturated carbocycles. The highest BCUT2D eigenvalue weighted by atomic mass is 32.1. The summed E-state index contributed by atoms with van der Waals surface area (Å²) < 4.78 is 0. The van der Waals surface area contributed by atoms with E-state index in [4.69, 9.17) is 5.73 Å². The van der Waals surface area contributed by atoms with Crippen LogP contribution in [-0.4, -0.2) is 22.3 Å². The molecule has 5 heteroatoms. The van der Waals surface area contributed by atoms with Crippen LogP contribution in [0, 0.1) is 0 Å². The summed E-state index contributed by atoms with van der Waals surface area (Å²) in [4.78, 5) is 1.13. The molecule has 2 heterocycles. The fourth-order valence-electron chi connectivity index (χ4n) is 1.72. The van der Waals surface area contributed by atoms with E-state index in [1.165, 1.54) is 0 Å². The second kappa shape index (κ2) is 5.46. The van der Waals surface area contributed by atoms with Crippen molar-refractivity contribution in [3.8, 4) is 10.6 Å². The SMILES string of the molecule is CC(C)(CCN)Nc1ccc(-c2cccs2)nn1. The number of hydrogen-bond acceptors (Lipinski definition) is 5. The number of nitrogens with one attached hydrogen (secondary N) is 1.